The Labute approximate surface area is 195 Å². The highest BCUT2D eigenvalue weighted by Gasteiger charge is 2.28. The van der Waals surface area contributed by atoms with Gasteiger partial charge in [-0.05, 0) is 57.0 Å². The second kappa shape index (κ2) is 9.75. The van der Waals surface area contributed by atoms with E-state index in [2.05, 4.69) is 10.3 Å². The summed E-state index contributed by atoms with van der Waals surface area (Å²) in [7, 11) is 0. The molecule has 3 aromatic rings. The minimum atomic E-state index is -0.207. The molecule has 1 aliphatic rings. The second-order valence-electron chi connectivity index (χ2n) is 7.74. The van der Waals surface area contributed by atoms with Crippen LogP contribution in [0.1, 0.15) is 49.3 Å². The summed E-state index contributed by atoms with van der Waals surface area (Å²) in [6.07, 6.45) is 2.90. The van der Waals surface area contributed by atoms with Gasteiger partial charge in [0.25, 0.3) is 11.8 Å². The number of ether oxygens (including phenoxy) is 1. The lowest BCUT2D eigenvalue weighted by Crippen LogP contribution is -2.46. The van der Waals surface area contributed by atoms with Gasteiger partial charge in [0.15, 0.2) is 5.76 Å². The van der Waals surface area contributed by atoms with E-state index in [1.165, 1.54) is 17.6 Å². The molecule has 1 fully saturated rings. The van der Waals surface area contributed by atoms with E-state index in [4.69, 9.17) is 20.8 Å². The van der Waals surface area contributed by atoms with Crippen LogP contribution < -0.4 is 10.1 Å². The summed E-state index contributed by atoms with van der Waals surface area (Å²) in [6.45, 7) is 5.13. The molecular formula is C23H24ClN3O4S. The molecule has 9 heteroatoms. The number of nitrogens with zero attached hydrogens (tertiary/aromatic N) is 2. The first-order chi connectivity index (χ1) is 15.4. The summed E-state index contributed by atoms with van der Waals surface area (Å²) in [5.41, 5.74) is 1.52. The van der Waals surface area contributed by atoms with Gasteiger partial charge in [0.2, 0.25) is 0 Å². The van der Waals surface area contributed by atoms with E-state index in [-0.39, 0.29) is 17.9 Å². The average Bonchev–Trinajstić information content (AvgIpc) is 3.38. The SMILES string of the molecule is Cc1ccoc1C(=O)NC1CCN(C(=O)c2sc(COc3ccc(Cl)cc3)nc2C)CC1. The van der Waals surface area contributed by atoms with Crippen molar-refractivity contribution in [2.75, 3.05) is 13.1 Å². The van der Waals surface area contributed by atoms with Crippen molar-refractivity contribution >= 4 is 34.8 Å². The van der Waals surface area contributed by atoms with E-state index in [9.17, 15) is 9.59 Å². The lowest BCUT2D eigenvalue weighted by Gasteiger charge is -2.32. The van der Waals surface area contributed by atoms with Gasteiger partial charge in [-0.25, -0.2) is 4.98 Å². The Kier molecular flexibility index (Phi) is 6.81. The van der Waals surface area contributed by atoms with Crippen LogP contribution >= 0.6 is 22.9 Å². The Hall–Kier alpha value is -2.84. The van der Waals surface area contributed by atoms with E-state index >= 15 is 0 Å². The predicted molar refractivity (Wildman–Crippen MR) is 122 cm³/mol. The topological polar surface area (TPSA) is 84.7 Å². The number of nitrogens with one attached hydrogen (secondary N) is 1. The zero-order valence-electron chi connectivity index (χ0n) is 17.9. The van der Waals surface area contributed by atoms with E-state index < -0.39 is 0 Å². The van der Waals surface area contributed by atoms with Crippen molar-refractivity contribution in [3.63, 3.8) is 0 Å². The first-order valence-electron chi connectivity index (χ1n) is 10.4. The molecule has 1 N–H and O–H groups in total. The van der Waals surface area contributed by atoms with Crippen molar-refractivity contribution in [2.45, 2.75) is 39.3 Å². The molecule has 168 valence electrons. The largest absolute Gasteiger partial charge is 0.486 e. The quantitative estimate of drug-likeness (QED) is 0.564. The molecule has 2 aromatic heterocycles. The molecule has 0 radical (unpaired) electrons. The van der Waals surface area contributed by atoms with Gasteiger partial charge in [-0.3, -0.25) is 9.59 Å². The molecule has 1 aromatic carbocycles. The number of halogens is 1. The van der Waals surface area contributed by atoms with E-state index in [0.717, 1.165) is 10.6 Å². The number of rotatable bonds is 6. The molecule has 0 aliphatic carbocycles. The number of aromatic nitrogens is 1. The molecule has 4 rings (SSSR count). The van der Waals surface area contributed by atoms with Crippen LogP contribution in [0.5, 0.6) is 5.75 Å². The number of likely N-dealkylation sites (tertiary alicyclic amines) is 1. The summed E-state index contributed by atoms with van der Waals surface area (Å²) >= 11 is 7.25. The standard InChI is InChI=1S/C23H24ClN3O4S/c1-14-9-12-30-20(14)22(28)26-17-7-10-27(11-8-17)23(29)21-15(2)25-19(32-21)13-31-18-5-3-16(24)4-6-18/h3-6,9,12,17H,7-8,10-11,13H2,1-2H3,(H,26,28). The lowest BCUT2D eigenvalue weighted by atomic mass is 10.0. The summed E-state index contributed by atoms with van der Waals surface area (Å²) in [5.74, 6) is 0.812. The van der Waals surface area contributed by atoms with Crippen molar-refractivity contribution < 1.29 is 18.7 Å². The van der Waals surface area contributed by atoms with Crippen molar-refractivity contribution in [3.8, 4) is 5.75 Å². The number of furan rings is 1. The summed E-state index contributed by atoms with van der Waals surface area (Å²) in [6, 6.07) is 8.90. The fourth-order valence-electron chi connectivity index (χ4n) is 3.62. The number of aryl methyl sites for hydroxylation is 2. The third-order valence-electron chi connectivity index (χ3n) is 5.40. The Morgan fingerprint density at radius 3 is 2.59 bits per heavy atom. The van der Waals surface area contributed by atoms with Crippen LogP contribution in [0.2, 0.25) is 5.02 Å². The van der Waals surface area contributed by atoms with Gasteiger partial charge in [-0.2, -0.15) is 0 Å². The predicted octanol–water partition coefficient (Wildman–Crippen LogP) is 4.62. The molecular weight excluding hydrogens is 450 g/mol. The minimum absolute atomic E-state index is 0.0157. The Morgan fingerprint density at radius 1 is 1.22 bits per heavy atom. The molecule has 0 bridgehead atoms. The van der Waals surface area contributed by atoms with Gasteiger partial charge in [0.05, 0.1) is 12.0 Å². The van der Waals surface area contributed by atoms with Gasteiger partial charge in [0, 0.05) is 29.7 Å². The van der Waals surface area contributed by atoms with Crippen LogP contribution in [-0.2, 0) is 6.61 Å². The van der Waals surface area contributed by atoms with E-state index in [0.29, 0.717) is 59.6 Å². The number of carbonyl (C=O) groups excluding carboxylic acids is 2. The molecule has 0 atom stereocenters. The maximum atomic E-state index is 13.0. The van der Waals surface area contributed by atoms with Crippen molar-refractivity contribution in [3.05, 3.63) is 68.5 Å². The fourth-order valence-corrected chi connectivity index (χ4v) is 4.69. The Balaban J connectivity index is 1.30. The highest BCUT2D eigenvalue weighted by Crippen LogP contribution is 2.24. The number of piperidine rings is 1. The molecule has 7 nitrogen and oxygen atoms in total. The zero-order chi connectivity index (χ0) is 22.7. The number of benzene rings is 1. The maximum Gasteiger partial charge on any atom is 0.287 e. The number of amides is 2. The van der Waals surface area contributed by atoms with Gasteiger partial charge in [-0.1, -0.05) is 11.6 Å². The van der Waals surface area contributed by atoms with Crippen molar-refractivity contribution in [2.24, 2.45) is 0 Å². The minimum Gasteiger partial charge on any atom is -0.486 e. The van der Waals surface area contributed by atoms with Crippen LogP contribution in [0.25, 0.3) is 0 Å². The molecule has 0 unspecified atom stereocenters. The van der Waals surface area contributed by atoms with Crippen LogP contribution in [-0.4, -0.2) is 40.8 Å². The van der Waals surface area contributed by atoms with Gasteiger partial charge < -0.3 is 19.4 Å². The van der Waals surface area contributed by atoms with Crippen molar-refractivity contribution in [1.82, 2.24) is 15.2 Å². The lowest BCUT2D eigenvalue weighted by molar-refractivity contribution is 0.0699. The fraction of sp³-hybridized carbons (Fsp3) is 0.348. The second-order valence-corrected chi connectivity index (χ2v) is 9.26. The van der Waals surface area contributed by atoms with Crippen LogP contribution in [0.3, 0.4) is 0 Å². The van der Waals surface area contributed by atoms with Crippen LogP contribution in [0.4, 0.5) is 0 Å². The molecule has 2 amide bonds. The summed E-state index contributed by atoms with van der Waals surface area (Å²) < 4.78 is 11.0. The number of carbonyl (C=O) groups is 2. The monoisotopic (exact) mass is 473 g/mol. The Morgan fingerprint density at radius 2 is 1.94 bits per heavy atom. The van der Waals surface area contributed by atoms with Crippen LogP contribution in [0.15, 0.2) is 41.0 Å². The Bertz CT molecular complexity index is 1100. The van der Waals surface area contributed by atoms with Crippen LogP contribution in [0, 0.1) is 13.8 Å². The first kappa shape index (κ1) is 22.4. The molecule has 0 spiro atoms. The first-order valence-corrected chi connectivity index (χ1v) is 11.6. The van der Waals surface area contributed by atoms with Gasteiger partial charge in [0.1, 0.15) is 22.2 Å². The van der Waals surface area contributed by atoms with E-state index in [1.807, 2.05) is 18.7 Å². The third-order valence-corrected chi connectivity index (χ3v) is 6.77. The maximum absolute atomic E-state index is 13.0. The number of hydrogen-bond acceptors (Lipinski definition) is 6. The van der Waals surface area contributed by atoms with Crippen molar-refractivity contribution in [1.29, 1.82) is 0 Å². The average molecular weight is 474 g/mol. The number of thiazole rings is 1. The van der Waals surface area contributed by atoms with Gasteiger partial charge in [-0.15, -0.1) is 11.3 Å². The molecule has 1 aliphatic heterocycles. The molecule has 0 saturated carbocycles. The van der Waals surface area contributed by atoms with E-state index in [1.54, 1.807) is 30.3 Å². The third kappa shape index (κ3) is 5.14. The smallest absolute Gasteiger partial charge is 0.287 e. The highest BCUT2D eigenvalue weighted by atomic mass is 35.5. The number of hydrogen-bond donors (Lipinski definition) is 1. The zero-order valence-corrected chi connectivity index (χ0v) is 19.5. The molecule has 32 heavy (non-hydrogen) atoms. The molecule has 3 heterocycles. The molecule has 1 saturated heterocycles. The highest BCUT2D eigenvalue weighted by molar-refractivity contribution is 7.13. The summed E-state index contributed by atoms with van der Waals surface area (Å²) in [5, 5.41) is 4.40. The van der Waals surface area contributed by atoms with Gasteiger partial charge >= 0.3 is 0 Å². The normalized spacial score (nSPS) is 14.4. The summed E-state index contributed by atoms with van der Waals surface area (Å²) in [4.78, 5) is 32.4.